The zero-order valence-corrected chi connectivity index (χ0v) is 17.1. The van der Waals surface area contributed by atoms with Crippen molar-refractivity contribution < 1.29 is 8.42 Å². The smallest absolute Gasteiger partial charge is 0.265 e. The van der Waals surface area contributed by atoms with Crippen molar-refractivity contribution in [2.45, 2.75) is 11.8 Å². The van der Waals surface area contributed by atoms with Crippen LogP contribution in [0.4, 0.5) is 5.82 Å². The number of sulfonamides is 1. The van der Waals surface area contributed by atoms with Gasteiger partial charge in [0.25, 0.3) is 10.0 Å². The van der Waals surface area contributed by atoms with Gasteiger partial charge in [-0.25, -0.2) is 8.42 Å². The third-order valence-corrected chi connectivity index (χ3v) is 6.80. The summed E-state index contributed by atoms with van der Waals surface area (Å²) in [7, 11) is -2.16. The minimum Gasteiger partial charge on any atom is -0.340 e. The van der Waals surface area contributed by atoms with Crippen LogP contribution in [0.1, 0.15) is 5.56 Å². The maximum absolute atomic E-state index is 13.3. The number of H-pyrrole nitrogens is 1. The third-order valence-electron chi connectivity index (χ3n) is 4.80. The molecule has 0 bridgehead atoms. The summed E-state index contributed by atoms with van der Waals surface area (Å²) in [4.78, 5) is 3.51. The van der Waals surface area contributed by atoms with Crippen LogP contribution < -0.4 is 4.31 Å². The van der Waals surface area contributed by atoms with Gasteiger partial charge in [0.2, 0.25) is 0 Å². The fraction of sp³-hybridized carbons (Fsp3) is 0.0909. The average Bonchev–Trinajstić information content (AvgIpc) is 3.06. The third kappa shape index (κ3) is 3.17. The number of aromatic nitrogens is 1. The van der Waals surface area contributed by atoms with Crippen molar-refractivity contribution in [3.63, 3.8) is 0 Å². The van der Waals surface area contributed by atoms with E-state index in [1.807, 2.05) is 49.4 Å². The van der Waals surface area contributed by atoms with Crippen LogP contribution in [0, 0.1) is 6.92 Å². The molecule has 4 rings (SSSR count). The van der Waals surface area contributed by atoms with Gasteiger partial charge >= 0.3 is 0 Å². The quantitative estimate of drug-likeness (QED) is 0.474. The van der Waals surface area contributed by atoms with Crippen LogP contribution in [0.3, 0.4) is 0 Å². The van der Waals surface area contributed by atoms with Gasteiger partial charge in [0.1, 0.15) is 5.82 Å². The number of aromatic amines is 1. The van der Waals surface area contributed by atoms with E-state index in [4.69, 9.17) is 11.6 Å². The lowest BCUT2D eigenvalue weighted by Gasteiger charge is -2.20. The lowest BCUT2D eigenvalue weighted by atomic mass is 10.0. The highest BCUT2D eigenvalue weighted by Gasteiger charge is 2.26. The molecule has 28 heavy (non-hydrogen) atoms. The topological polar surface area (TPSA) is 53.2 Å². The highest BCUT2D eigenvalue weighted by molar-refractivity contribution is 7.92. The monoisotopic (exact) mass is 410 g/mol. The molecule has 6 heteroatoms. The number of nitrogens with zero attached hydrogens (tertiary/aromatic N) is 1. The predicted molar refractivity (Wildman–Crippen MR) is 116 cm³/mol. The lowest BCUT2D eigenvalue weighted by Crippen LogP contribution is -2.27. The van der Waals surface area contributed by atoms with E-state index < -0.39 is 10.0 Å². The summed E-state index contributed by atoms with van der Waals surface area (Å²) in [5.74, 6) is 0.504. The Morgan fingerprint density at radius 1 is 0.929 bits per heavy atom. The van der Waals surface area contributed by atoms with Crippen LogP contribution in [0.5, 0.6) is 0 Å². The zero-order chi connectivity index (χ0) is 19.9. The minimum absolute atomic E-state index is 0.247. The molecule has 142 valence electrons. The fourth-order valence-electron chi connectivity index (χ4n) is 3.27. The first-order valence-electron chi connectivity index (χ1n) is 8.80. The van der Waals surface area contributed by atoms with Crippen molar-refractivity contribution in [2.24, 2.45) is 0 Å². The summed E-state index contributed by atoms with van der Waals surface area (Å²) < 4.78 is 27.8. The number of anilines is 1. The molecule has 0 aliphatic carbocycles. The molecule has 0 aliphatic heterocycles. The number of fused-ring (bicyclic) bond motifs is 1. The first-order chi connectivity index (χ1) is 13.4. The summed E-state index contributed by atoms with van der Waals surface area (Å²) in [5, 5.41) is 1.47. The normalized spacial score (nSPS) is 11.7. The molecule has 0 saturated carbocycles. The molecule has 3 aromatic carbocycles. The van der Waals surface area contributed by atoms with Gasteiger partial charge in [0, 0.05) is 28.5 Å². The molecule has 0 unspecified atom stereocenters. The number of nitrogens with one attached hydrogen (secondary N) is 1. The molecule has 4 aromatic rings. The Morgan fingerprint density at radius 2 is 1.61 bits per heavy atom. The highest BCUT2D eigenvalue weighted by Crippen LogP contribution is 2.40. The SMILES string of the molecule is Cc1ccc(S(=O)(=O)N(C)c2[nH]c3ccc(Cl)cc3c2-c2ccccc2)cc1. The molecule has 4 nitrogen and oxygen atoms in total. The number of halogens is 1. The van der Waals surface area contributed by atoms with Crippen LogP contribution in [-0.4, -0.2) is 20.4 Å². The molecule has 0 fully saturated rings. The van der Waals surface area contributed by atoms with Crippen LogP contribution in [0.25, 0.3) is 22.0 Å². The van der Waals surface area contributed by atoms with E-state index in [0.29, 0.717) is 10.8 Å². The molecule has 1 aromatic heterocycles. The fourth-order valence-corrected chi connectivity index (χ4v) is 4.62. The van der Waals surface area contributed by atoms with Crippen LogP contribution >= 0.6 is 11.6 Å². The Morgan fingerprint density at radius 3 is 2.29 bits per heavy atom. The van der Waals surface area contributed by atoms with E-state index in [-0.39, 0.29) is 4.90 Å². The van der Waals surface area contributed by atoms with Gasteiger partial charge < -0.3 is 4.98 Å². The second kappa shape index (κ2) is 7.00. The highest BCUT2D eigenvalue weighted by atomic mass is 35.5. The second-order valence-electron chi connectivity index (χ2n) is 6.69. The Kier molecular flexibility index (Phi) is 4.65. The van der Waals surface area contributed by atoms with Crippen molar-refractivity contribution in [3.8, 4) is 11.1 Å². The average molecular weight is 411 g/mol. The number of benzene rings is 3. The van der Waals surface area contributed by atoms with Gasteiger partial charge in [-0.3, -0.25) is 4.31 Å². The summed E-state index contributed by atoms with van der Waals surface area (Å²) in [6.45, 7) is 1.93. The number of hydrogen-bond acceptors (Lipinski definition) is 2. The second-order valence-corrected chi connectivity index (χ2v) is 9.10. The molecule has 0 spiro atoms. The van der Waals surface area contributed by atoms with Crippen molar-refractivity contribution in [2.75, 3.05) is 11.4 Å². The first kappa shape index (κ1) is 18.6. The van der Waals surface area contributed by atoms with Crippen molar-refractivity contribution >= 4 is 38.3 Å². The number of aryl methyl sites for hydroxylation is 1. The van der Waals surface area contributed by atoms with Gasteiger partial charge in [0.15, 0.2) is 0 Å². The Labute approximate surface area is 169 Å². The summed E-state index contributed by atoms with van der Waals surface area (Å²) in [5.41, 5.74) is 3.55. The standard InChI is InChI=1S/C22H19ClN2O2S/c1-15-8-11-18(12-9-15)28(26,27)25(2)22-21(16-6-4-3-5-7-16)19-14-17(23)10-13-20(19)24-22/h3-14,24H,1-2H3. The van der Waals surface area contributed by atoms with Crippen LogP contribution in [0.15, 0.2) is 77.7 Å². The predicted octanol–water partition coefficient (Wildman–Crippen LogP) is 5.62. The van der Waals surface area contributed by atoms with E-state index in [9.17, 15) is 8.42 Å². The molecule has 1 N–H and O–H groups in total. The van der Waals surface area contributed by atoms with Gasteiger partial charge in [-0.1, -0.05) is 59.6 Å². The van der Waals surface area contributed by atoms with E-state index in [2.05, 4.69) is 4.98 Å². The maximum atomic E-state index is 13.3. The van der Waals surface area contributed by atoms with Crippen molar-refractivity contribution in [1.82, 2.24) is 4.98 Å². The Hall–Kier alpha value is -2.76. The molecule has 0 aliphatic rings. The van der Waals surface area contributed by atoms with E-state index in [1.54, 1.807) is 37.4 Å². The summed E-state index contributed by atoms with van der Waals surface area (Å²) >= 11 is 6.22. The maximum Gasteiger partial charge on any atom is 0.265 e. The Balaban J connectivity index is 1.94. The van der Waals surface area contributed by atoms with Crippen LogP contribution in [-0.2, 0) is 10.0 Å². The molecule has 1 heterocycles. The van der Waals surface area contributed by atoms with Crippen molar-refractivity contribution in [3.05, 3.63) is 83.4 Å². The lowest BCUT2D eigenvalue weighted by molar-refractivity contribution is 0.594. The van der Waals surface area contributed by atoms with Gasteiger partial charge in [-0.15, -0.1) is 0 Å². The molecular weight excluding hydrogens is 392 g/mol. The van der Waals surface area contributed by atoms with E-state index in [0.717, 1.165) is 27.6 Å². The molecule has 0 saturated heterocycles. The molecular formula is C22H19ClN2O2S. The first-order valence-corrected chi connectivity index (χ1v) is 10.6. The van der Waals surface area contributed by atoms with Gasteiger partial charge in [0.05, 0.1) is 4.90 Å². The zero-order valence-electron chi connectivity index (χ0n) is 15.5. The summed E-state index contributed by atoms with van der Waals surface area (Å²) in [6.07, 6.45) is 0. The largest absolute Gasteiger partial charge is 0.340 e. The van der Waals surface area contributed by atoms with Gasteiger partial charge in [-0.05, 0) is 42.8 Å². The number of rotatable bonds is 4. The van der Waals surface area contributed by atoms with Gasteiger partial charge in [-0.2, -0.15) is 0 Å². The van der Waals surface area contributed by atoms with Crippen molar-refractivity contribution in [1.29, 1.82) is 0 Å². The van der Waals surface area contributed by atoms with E-state index in [1.165, 1.54) is 4.31 Å². The van der Waals surface area contributed by atoms with Crippen LogP contribution in [0.2, 0.25) is 5.02 Å². The molecule has 0 atom stereocenters. The summed E-state index contributed by atoms with van der Waals surface area (Å²) in [6, 6.07) is 22.0. The minimum atomic E-state index is -3.73. The molecule has 0 radical (unpaired) electrons. The molecule has 0 amide bonds. The Bertz CT molecular complexity index is 1250. The van der Waals surface area contributed by atoms with E-state index >= 15 is 0 Å². The number of hydrogen-bond donors (Lipinski definition) is 1.